The third-order valence-corrected chi connectivity index (χ3v) is 2.83. The van der Waals surface area contributed by atoms with Crippen molar-refractivity contribution < 1.29 is 9.47 Å². The van der Waals surface area contributed by atoms with Crippen molar-refractivity contribution in [1.29, 1.82) is 0 Å². The van der Waals surface area contributed by atoms with Crippen molar-refractivity contribution >= 4 is 11.6 Å². The van der Waals surface area contributed by atoms with E-state index in [4.69, 9.17) is 9.47 Å². The maximum atomic E-state index is 5.41. The first-order valence-electron chi connectivity index (χ1n) is 6.57. The van der Waals surface area contributed by atoms with Gasteiger partial charge in [0.15, 0.2) is 11.6 Å². The number of ether oxygens (including phenoxy) is 2. The summed E-state index contributed by atoms with van der Waals surface area (Å²) in [4.78, 5) is 8.45. The van der Waals surface area contributed by atoms with Crippen LogP contribution in [0.1, 0.15) is 13.3 Å². The highest BCUT2D eigenvalue weighted by molar-refractivity contribution is 5.63. The Kier molecular flexibility index (Phi) is 5.17. The maximum Gasteiger partial charge on any atom is 0.205 e. The zero-order valence-corrected chi connectivity index (χ0v) is 11.5. The smallest absolute Gasteiger partial charge is 0.205 e. The summed E-state index contributed by atoms with van der Waals surface area (Å²) in [6, 6.07) is 0. The van der Waals surface area contributed by atoms with E-state index in [2.05, 4.69) is 32.6 Å². The first kappa shape index (κ1) is 13.8. The second-order valence-corrected chi connectivity index (χ2v) is 4.24. The van der Waals surface area contributed by atoms with Crippen molar-refractivity contribution in [3.05, 3.63) is 6.33 Å². The quantitative estimate of drug-likeness (QED) is 0.795. The monoisotopic (exact) mass is 267 g/mol. The third-order valence-electron chi connectivity index (χ3n) is 2.83. The Labute approximate surface area is 113 Å². The molecule has 1 aliphatic rings. The minimum atomic E-state index is 0.641. The van der Waals surface area contributed by atoms with Crippen molar-refractivity contribution in [2.45, 2.75) is 13.3 Å². The minimum absolute atomic E-state index is 0.641. The highest BCUT2D eigenvalue weighted by atomic mass is 16.5. The molecule has 0 bridgehead atoms. The summed E-state index contributed by atoms with van der Waals surface area (Å²) in [5, 5.41) is 5.30. The molecule has 19 heavy (non-hydrogen) atoms. The lowest BCUT2D eigenvalue weighted by Gasteiger charge is -2.28. The van der Waals surface area contributed by atoms with E-state index < -0.39 is 0 Å². The van der Waals surface area contributed by atoms with Crippen molar-refractivity contribution in [2.75, 3.05) is 50.7 Å². The van der Waals surface area contributed by atoms with E-state index in [9.17, 15) is 0 Å². The number of nitrogens with zero attached hydrogens (tertiary/aromatic N) is 3. The van der Waals surface area contributed by atoms with Crippen LogP contribution in [0.3, 0.4) is 0 Å². The minimum Gasteiger partial charge on any atom is -0.490 e. The summed E-state index contributed by atoms with van der Waals surface area (Å²) in [7, 11) is 1.63. The van der Waals surface area contributed by atoms with Crippen LogP contribution >= 0.6 is 0 Å². The summed E-state index contributed by atoms with van der Waals surface area (Å²) in [6.45, 7) is 6.05. The van der Waals surface area contributed by atoms with Crippen molar-refractivity contribution in [3.63, 3.8) is 0 Å². The fourth-order valence-corrected chi connectivity index (χ4v) is 1.84. The molecule has 1 fully saturated rings. The zero-order chi connectivity index (χ0) is 13.5. The van der Waals surface area contributed by atoms with Crippen LogP contribution in [0.2, 0.25) is 0 Å². The standard InChI is InChI=1S/C12H21N5O2/c1-3-4-13-11-10(18-2)12(15-9-14-11)16-17-5-7-19-8-6-17/h9H,3-8H2,1-2H3,(H2,13,14,15,16). The highest BCUT2D eigenvalue weighted by Crippen LogP contribution is 2.29. The molecule has 2 N–H and O–H groups in total. The Morgan fingerprint density at radius 3 is 2.74 bits per heavy atom. The normalized spacial score (nSPS) is 16.1. The van der Waals surface area contributed by atoms with Gasteiger partial charge in [-0.05, 0) is 6.42 Å². The van der Waals surface area contributed by atoms with Gasteiger partial charge in [0.25, 0.3) is 0 Å². The molecule has 0 aliphatic carbocycles. The average molecular weight is 267 g/mol. The molecule has 0 spiro atoms. The van der Waals surface area contributed by atoms with E-state index in [0.717, 1.165) is 45.1 Å². The number of morpholine rings is 1. The Hall–Kier alpha value is -1.60. The number of rotatable bonds is 6. The fraction of sp³-hybridized carbons (Fsp3) is 0.667. The predicted molar refractivity (Wildman–Crippen MR) is 73.4 cm³/mol. The number of hydrogen-bond donors (Lipinski definition) is 2. The number of aromatic nitrogens is 2. The van der Waals surface area contributed by atoms with Crippen LogP contribution in [0.4, 0.5) is 11.6 Å². The van der Waals surface area contributed by atoms with E-state index in [1.54, 1.807) is 7.11 Å². The zero-order valence-electron chi connectivity index (χ0n) is 11.5. The first-order chi connectivity index (χ1) is 9.35. The largest absolute Gasteiger partial charge is 0.490 e. The molecule has 0 saturated carbocycles. The second-order valence-electron chi connectivity index (χ2n) is 4.24. The molecule has 7 nitrogen and oxygen atoms in total. The van der Waals surface area contributed by atoms with Gasteiger partial charge in [-0.25, -0.2) is 15.0 Å². The fourth-order valence-electron chi connectivity index (χ4n) is 1.84. The lowest BCUT2D eigenvalue weighted by Crippen LogP contribution is -2.40. The Bertz CT molecular complexity index is 396. The molecule has 2 heterocycles. The number of anilines is 2. The molecule has 1 aromatic rings. The van der Waals surface area contributed by atoms with E-state index in [-0.39, 0.29) is 0 Å². The van der Waals surface area contributed by atoms with Crippen LogP contribution < -0.4 is 15.5 Å². The van der Waals surface area contributed by atoms with Gasteiger partial charge in [-0.2, -0.15) is 0 Å². The molecule has 1 aliphatic heterocycles. The lowest BCUT2D eigenvalue weighted by atomic mass is 10.4. The Balaban J connectivity index is 2.09. The van der Waals surface area contributed by atoms with Gasteiger partial charge in [-0.1, -0.05) is 6.92 Å². The van der Waals surface area contributed by atoms with Crippen LogP contribution in [0.25, 0.3) is 0 Å². The number of hydrogen-bond acceptors (Lipinski definition) is 7. The van der Waals surface area contributed by atoms with Crippen molar-refractivity contribution in [1.82, 2.24) is 15.0 Å². The Morgan fingerprint density at radius 2 is 2.05 bits per heavy atom. The van der Waals surface area contributed by atoms with E-state index in [1.807, 2.05) is 0 Å². The van der Waals surface area contributed by atoms with Gasteiger partial charge in [0.1, 0.15) is 6.33 Å². The predicted octanol–water partition coefficient (Wildman–Crippen LogP) is 0.966. The molecule has 0 amide bonds. The SMILES string of the molecule is CCCNc1ncnc(NN2CCOCC2)c1OC. The van der Waals surface area contributed by atoms with Crippen LogP contribution in [0.15, 0.2) is 6.33 Å². The van der Waals surface area contributed by atoms with Gasteiger partial charge >= 0.3 is 0 Å². The van der Waals surface area contributed by atoms with Gasteiger partial charge in [0.05, 0.1) is 20.3 Å². The summed E-state index contributed by atoms with van der Waals surface area (Å²) in [5.74, 6) is 2.04. The van der Waals surface area contributed by atoms with E-state index >= 15 is 0 Å². The van der Waals surface area contributed by atoms with E-state index in [0.29, 0.717) is 11.6 Å². The van der Waals surface area contributed by atoms with Crippen molar-refractivity contribution in [3.8, 4) is 5.75 Å². The Morgan fingerprint density at radius 1 is 1.32 bits per heavy atom. The molecule has 0 aromatic carbocycles. The van der Waals surface area contributed by atoms with Gasteiger partial charge in [-0.3, -0.25) is 5.43 Å². The third kappa shape index (κ3) is 3.68. The van der Waals surface area contributed by atoms with Crippen LogP contribution in [-0.4, -0.2) is 54.9 Å². The summed E-state index contributed by atoms with van der Waals surface area (Å²) in [6.07, 6.45) is 2.56. The number of nitrogens with one attached hydrogen (secondary N) is 2. The summed E-state index contributed by atoms with van der Waals surface area (Å²) >= 11 is 0. The molecule has 7 heteroatoms. The average Bonchev–Trinajstić information content (AvgIpc) is 2.46. The lowest BCUT2D eigenvalue weighted by molar-refractivity contribution is 0.0493. The highest BCUT2D eigenvalue weighted by Gasteiger charge is 2.16. The molecular formula is C12H21N5O2. The van der Waals surface area contributed by atoms with Gasteiger partial charge < -0.3 is 14.8 Å². The molecule has 0 radical (unpaired) electrons. The van der Waals surface area contributed by atoms with Crippen LogP contribution in [-0.2, 0) is 4.74 Å². The maximum absolute atomic E-state index is 5.41. The van der Waals surface area contributed by atoms with Gasteiger partial charge in [0.2, 0.25) is 5.75 Å². The molecular weight excluding hydrogens is 246 g/mol. The van der Waals surface area contributed by atoms with E-state index in [1.165, 1.54) is 6.33 Å². The number of methoxy groups -OCH3 is 1. The summed E-state index contributed by atoms with van der Waals surface area (Å²) < 4.78 is 10.7. The van der Waals surface area contributed by atoms with Gasteiger partial charge in [0, 0.05) is 19.6 Å². The van der Waals surface area contributed by atoms with Crippen LogP contribution in [0, 0.1) is 0 Å². The topological polar surface area (TPSA) is 71.5 Å². The number of hydrazine groups is 1. The molecule has 2 rings (SSSR count). The van der Waals surface area contributed by atoms with Gasteiger partial charge in [-0.15, -0.1) is 0 Å². The van der Waals surface area contributed by atoms with Crippen molar-refractivity contribution in [2.24, 2.45) is 0 Å². The van der Waals surface area contributed by atoms with Crippen LogP contribution in [0.5, 0.6) is 5.75 Å². The summed E-state index contributed by atoms with van der Waals surface area (Å²) in [5.41, 5.74) is 3.25. The first-order valence-corrected chi connectivity index (χ1v) is 6.57. The molecule has 1 saturated heterocycles. The molecule has 0 atom stereocenters. The molecule has 0 unspecified atom stereocenters. The molecule has 106 valence electrons. The second kappa shape index (κ2) is 7.10. The molecule has 1 aromatic heterocycles.